The number of hydrogen-bond donors (Lipinski definition) is 1. The molecule has 0 atom stereocenters. The van der Waals surface area contributed by atoms with Gasteiger partial charge < -0.3 is 14.8 Å². The van der Waals surface area contributed by atoms with E-state index in [-0.39, 0.29) is 12.5 Å². The highest BCUT2D eigenvalue weighted by Gasteiger charge is 2.18. The summed E-state index contributed by atoms with van der Waals surface area (Å²) in [7, 11) is 1.57. The molecule has 2 aromatic carbocycles. The van der Waals surface area contributed by atoms with E-state index >= 15 is 0 Å². The van der Waals surface area contributed by atoms with E-state index in [9.17, 15) is 4.79 Å². The van der Waals surface area contributed by atoms with Crippen molar-refractivity contribution >= 4 is 22.8 Å². The van der Waals surface area contributed by atoms with Gasteiger partial charge in [0, 0.05) is 12.1 Å². The molecule has 0 saturated carbocycles. The molecule has 0 aliphatic heterocycles. The number of aromatic nitrogens is 6. The van der Waals surface area contributed by atoms with Crippen molar-refractivity contribution in [3.63, 3.8) is 0 Å². The minimum absolute atomic E-state index is 0.178. The minimum Gasteiger partial charge on any atom is -0.497 e. The van der Waals surface area contributed by atoms with E-state index in [2.05, 4.69) is 25.5 Å². The SMILES string of the molecule is COc1cccc(OCC(=O)Nc2cc(C)nn2-c2ncnc3c2cnn3-c2ccccc2)c1. The van der Waals surface area contributed by atoms with Gasteiger partial charge in [-0.2, -0.15) is 14.9 Å². The van der Waals surface area contributed by atoms with Crippen LogP contribution >= 0.6 is 0 Å². The largest absolute Gasteiger partial charge is 0.497 e. The lowest BCUT2D eigenvalue weighted by Gasteiger charge is -2.10. The van der Waals surface area contributed by atoms with E-state index in [1.54, 1.807) is 53.0 Å². The maximum atomic E-state index is 12.6. The number of carbonyl (C=O) groups excluding carboxylic acids is 1. The van der Waals surface area contributed by atoms with Crippen LogP contribution in [0.2, 0.25) is 0 Å². The zero-order valence-electron chi connectivity index (χ0n) is 18.5. The lowest BCUT2D eigenvalue weighted by Crippen LogP contribution is -2.22. The summed E-state index contributed by atoms with van der Waals surface area (Å²) in [5.74, 6) is 1.81. The van der Waals surface area contributed by atoms with Gasteiger partial charge in [0.25, 0.3) is 5.91 Å². The topological polar surface area (TPSA) is 109 Å². The summed E-state index contributed by atoms with van der Waals surface area (Å²) < 4.78 is 14.1. The third-order valence-corrected chi connectivity index (χ3v) is 5.06. The highest BCUT2D eigenvalue weighted by atomic mass is 16.5. The number of nitrogens with one attached hydrogen (secondary N) is 1. The summed E-state index contributed by atoms with van der Waals surface area (Å²) in [5.41, 5.74) is 2.22. The first-order valence-corrected chi connectivity index (χ1v) is 10.5. The number of nitrogens with zero attached hydrogens (tertiary/aromatic N) is 6. The second kappa shape index (κ2) is 9.02. The van der Waals surface area contributed by atoms with Gasteiger partial charge in [-0.05, 0) is 31.2 Å². The van der Waals surface area contributed by atoms with Crippen LogP contribution < -0.4 is 14.8 Å². The monoisotopic (exact) mass is 455 g/mol. The number of para-hydroxylation sites is 1. The average molecular weight is 455 g/mol. The standard InChI is InChI=1S/C24H21N7O3/c1-16-11-21(28-22(32)14-34-19-10-6-9-18(12-19)33-2)31(29-16)24-20-13-27-30(23(20)25-15-26-24)17-7-4-3-5-8-17/h3-13,15H,14H2,1-2H3,(H,28,32). The molecule has 5 aromatic rings. The van der Waals surface area contributed by atoms with Gasteiger partial charge in [0.05, 0.1) is 30.1 Å². The Balaban J connectivity index is 1.41. The molecular formula is C24H21N7O3. The molecule has 3 heterocycles. The predicted octanol–water partition coefficient (Wildman–Crippen LogP) is 3.34. The number of hydrogen-bond acceptors (Lipinski definition) is 7. The highest BCUT2D eigenvalue weighted by molar-refractivity contribution is 5.92. The molecule has 0 saturated heterocycles. The second-order valence-corrected chi connectivity index (χ2v) is 7.43. The Morgan fingerprint density at radius 2 is 1.82 bits per heavy atom. The predicted molar refractivity (Wildman–Crippen MR) is 126 cm³/mol. The van der Waals surface area contributed by atoms with Gasteiger partial charge in [-0.1, -0.05) is 24.3 Å². The highest BCUT2D eigenvalue weighted by Crippen LogP contribution is 2.24. The van der Waals surface area contributed by atoms with Crippen molar-refractivity contribution in [3.05, 3.63) is 78.9 Å². The first kappa shape index (κ1) is 21.1. The molecule has 1 N–H and O–H groups in total. The summed E-state index contributed by atoms with van der Waals surface area (Å²) in [5, 5.41) is 12.5. The summed E-state index contributed by atoms with van der Waals surface area (Å²) >= 11 is 0. The smallest absolute Gasteiger partial charge is 0.263 e. The fourth-order valence-corrected chi connectivity index (χ4v) is 3.53. The van der Waals surface area contributed by atoms with Crippen molar-refractivity contribution in [2.24, 2.45) is 0 Å². The van der Waals surface area contributed by atoms with Gasteiger partial charge in [0.15, 0.2) is 18.1 Å². The molecule has 0 unspecified atom stereocenters. The third-order valence-electron chi connectivity index (χ3n) is 5.06. The Kier molecular flexibility index (Phi) is 5.61. The summed E-state index contributed by atoms with van der Waals surface area (Å²) in [6, 6.07) is 18.5. The number of anilines is 1. The number of benzene rings is 2. The summed E-state index contributed by atoms with van der Waals surface area (Å²) in [6.07, 6.45) is 3.14. The molecule has 34 heavy (non-hydrogen) atoms. The normalized spacial score (nSPS) is 10.9. The Hall–Kier alpha value is -4.73. The first-order chi connectivity index (χ1) is 16.6. The van der Waals surface area contributed by atoms with Crippen LogP contribution in [0.3, 0.4) is 0 Å². The van der Waals surface area contributed by atoms with E-state index in [4.69, 9.17) is 9.47 Å². The number of ether oxygens (including phenoxy) is 2. The Morgan fingerprint density at radius 1 is 1.00 bits per heavy atom. The van der Waals surface area contributed by atoms with Gasteiger partial charge in [0.2, 0.25) is 0 Å². The van der Waals surface area contributed by atoms with E-state index in [0.717, 1.165) is 5.69 Å². The number of aryl methyl sites for hydroxylation is 1. The lowest BCUT2D eigenvalue weighted by atomic mass is 10.3. The van der Waals surface area contributed by atoms with Crippen molar-refractivity contribution in [1.29, 1.82) is 0 Å². The lowest BCUT2D eigenvalue weighted by molar-refractivity contribution is -0.118. The number of methoxy groups -OCH3 is 1. The van der Waals surface area contributed by atoms with Crippen molar-refractivity contribution in [3.8, 4) is 23.0 Å². The van der Waals surface area contributed by atoms with Crippen molar-refractivity contribution < 1.29 is 14.3 Å². The molecule has 0 spiro atoms. The number of carbonyl (C=O) groups is 1. The van der Waals surface area contributed by atoms with Gasteiger partial charge in [0.1, 0.15) is 23.6 Å². The molecule has 1 amide bonds. The molecule has 170 valence electrons. The molecule has 5 rings (SSSR count). The molecule has 3 aromatic heterocycles. The van der Waals surface area contributed by atoms with E-state index in [0.29, 0.717) is 39.9 Å². The molecule has 0 fully saturated rings. The zero-order chi connectivity index (χ0) is 23.5. The molecular weight excluding hydrogens is 434 g/mol. The number of rotatable bonds is 7. The average Bonchev–Trinajstić information content (AvgIpc) is 3.46. The molecule has 10 nitrogen and oxygen atoms in total. The van der Waals surface area contributed by atoms with Crippen LogP contribution in [0, 0.1) is 6.92 Å². The fraction of sp³-hybridized carbons (Fsp3) is 0.125. The Morgan fingerprint density at radius 3 is 2.65 bits per heavy atom. The maximum absolute atomic E-state index is 12.6. The van der Waals surface area contributed by atoms with Crippen LogP contribution in [-0.4, -0.2) is 49.2 Å². The van der Waals surface area contributed by atoms with Crippen LogP contribution in [0.1, 0.15) is 5.69 Å². The van der Waals surface area contributed by atoms with Gasteiger partial charge in [-0.3, -0.25) is 4.79 Å². The van der Waals surface area contributed by atoms with Gasteiger partial charge in [-0.25, -0.2) is 14.6 Å². The van der Waals surface area contributed by atoms with Crippen LogP contribution in [0.15, 0.2) is 73.2 Å². The van der Waals surface area contributed by atoms with Crippen molar-refractivity contribution in [2.45, 2.75) is 6.92 Å². The molecule has 0 radical (unpaired) electrons. The zero-order valence-corrected chi connectivity index (χ0v) is 18.5. The molecule has 0 bridgehead atoms. The van der Waals surface area contributed by atoms with E-state index in [1.165, 1.54) is 6.33 Å². The van der Waals surface area contributed by atoms with Gasteiger partial charge in [-0.15, -0.1) is 0 Å². The maximum Gasteiger partial charge on any atom is 0.263 e. The first-order valence-electron chi connectivity index (χ1n) is 10.5. The molecule has 10 heteroatoms. The van der Waals surface area contributed by atoms with Crippen LogP contribution in [-0.2, 0) is 4.79 Å². The summed E-state index contributed by atoms with van der Waals surface area (Å²) in [4.78, 5) is 21.5. The second-order valence-electron chi connectivity index (χ2n) is 7.43. The molecule has 0 aliphatic rings. The van der Waals surface area contributed by atoms with Crippen molar-refractivity contribution in [2.75, 3.05) is 19.0 Å². The van der Waals surface area contributed by atoms with E-state index in [1.807, 2.05) is 37.3 Å². The van der Waals surface area contributed by atoms with Crippen LogP contribution in [0.25, 0.3) is 22.5 Å². The molecule has 0 aliphatic carbocycles. The van der Waals surface area contributed by atoms with E-state index < -0.39 is 0 Å². The van der Waals surface area contributed by atoms with Crippen LogP contribution in [0.5, 0.6) is 11.5 Å². The number of fused-ring (bicyclic) bond motifs is 1. The van der Waals surface area contributed by atoms with Crippen LogP contribution in [0.4, 0.5) is 5.82 Å². The Labute approximate surface area is 194 Å². The summed E-state index contributed by atoms with van der Waals surface area (Å²) in [6.45, 7) is 1.66. The third kappa shape index (κ3) is 4.16. The number of amides is 1. The fourth-order valence-electron chi connectivity index (χ4n) is 3.53. The van der Waals surface area contributed by atoms with Crippen molar-refractivity contribution in [1.82, 2.24) is 29.5 Å². The Bertz CT molecular complexity index is 1460. The quantitative estimate of drug-likeness (QED) is 0.401. The minimum atomic E-state index is -0.339. The van der Waals surface area contributed by atoms with Gasteiger partial charge >= 0.3 is 0 Å².